The number of carbonyl (C=O) groups excluding carboxylic acids is 3. The molecule has 44 heavy (non-hydrogen) atoms. The van der Waals surface area contributed by atoms with Crippen molar-refractivity contribution in [1.29, 1.82) is 5.41 Å². The molecule has 0 bridgehead atoms. The number of amidine groups is 1. The molecule has 1 aromatic heterocycles. The number of carbonyl (C=O) groups is 3. The molecule has 1 aliphatic rings. The lowest BCUT2D eigenvalue weighted by atomic mass is 9.94. The minimum atomic E-state index is -3.67. The van der Waals surface area contributed by atoms with Crippen molar-refractivity contribution < 1.29 is 36.8 Å². The van der Waals surface area contributed by atoms with Crippen LogP contribution < -0.4 is 15.8 Å². The van der Waals surface area contributed by atoms with Gasteiger partial charge in [-0.2, -0.15) is 8.42 Å². The molecule has 0 saturated heterocycles. The van der Waals surface area contributed by atoms with Gasteiger partial charge >= 0.3 is 5.97 Å². The summed E-state index contributed by atoms with van der Waals surface area (Å²) >= 11 is 0. The van der Waals surface area contributed by atoms with Gasteiger partial charge in [0.2, 0.25) is 0 Å². The van der Waals surface area contributed by atoms with Crippen LogP contribution in [0.25, 0.3) is 17.2 Å². The van der Waals surface area contributed by atoms with Gasteiger partial charge in [-0.15, -0.1) is 0 Å². The lowest BCUT2D eigenvalue weighted by molar-refractivity contribution is 0.0594. The van der Waals surface area contributed by atoms with Crippen molar-refractivity contribution in [2.24, 2.45) is 5.73 Å². The van der Waals surface area contributed by atoms with Crippen LogP contribution in [0.5, 0.6) is 5.75 Å². The third-order valence-corrected chi connectivity index (χ3v) is 6.49. The molecule has 0 spiro atoms. The van der Waals surface area contributed by atoms with Crippen molar-refractivity contribution in [2.75, 3.05) is 32.8 Å². The topological polar surface area (TPSA) is 202 Å². The summed E-state index contributed by atoms with van der Waals surface area (Å²) in [6.07, 6.45) is 4.12. The van der Waals surface area contributed by atoms with Crippen LogP contribution in [0.15, 0.2) is 55.1 Å². The Balaban J connectivity index is 0.000000978. The molecule has 0 aliphatic heterocycles. The molecule has 2 amide bonds. The van der Waals surface area contributed by atoms with Gasteiger partial charge in [0.15, 0.2) is 5.69 Å². The average molecular weight is 624 g/mol. The first-order chi connectivity index (χ1) is 20.7. The first-order valence-electron chi connectivity index (χ1n) is 13.1. The van der Waals surface area contributed by atoms with Gasteiger partial charge in [-0.1, -0.05) is 12.7 Å². The van der Waals surface area contributed by atoms with E-state index in [1.54, 1.807) is 60.5 Å². The van der Waals surface area contributed by atoms with Crippen molar-refractivity contribution >= 4 is 45.5 Å². The average Bonchev–Trinajstić information content (AvgIpc) is 3.84. The molecule has 1 saturated carbocycles. The highest BCUT2D eigenvalue weighted by molar-refractivity contribution is 7.85. The minimum absolute atomic E-state index is 0.0889. The molecule has 1 heterocycles. The molecule has 1 fully saturated rings. The van der Waals surface area contributed by atoms with Crippen LogP contribution in [-0.4, -0.2) is 80.0 Å². The number of benzene rings is 2. The number of esters is 1. The summed E-state index contributed by atoms with van der Waals surface area (Å²) in [4.78, 5) is 45.3. The van der Waals surface area contributed by atoms with Gasteiger partial charge in [-0.25, -0.2) is 9.78 Å². The smallest absolute Gasteiger partial charge is 0.357 e. The van der Waals surface area contributed by atoms with Crippen molar-refractivity contribution in [3.05, 3.63) is 83.2 Å². The molecule has 2 aromatic carbocycles. The number of nitrogens with two attached hydrogens (primary N) is 1. The first-order valence-corrected chi connectivity index (χ1v) is 14.9. The van der Waals surface area contributed by atoms with E-state index < -0.39 is 22.0 Å². The number of pyridine rings is 1. The van der Waals surface area contributed by atoms with Crippen LogP contribution >= 0.6 is 0 Å². The number of hydrogen-bond donors (Lipinski definition) is 4. The number of nitrogens with zero attached hydrogens (tertiary/aromatic N) is 2. The summed E-state index contributed by atoms with van der Waals surface area (Å²) in [5.74, 6) is -1.20. The van der Waals surface area contributed by atoms with Crippen molar-refractivity contribution in [3.63, 3.8) is 0 Å². The molecule has 5 N–H and O–H groups in total. The Labute approximate surface area is 254 Å². The normalized spacial score (nSPS) is 12.2. The summed E-state index contributed by atoms with van der Waals surface area (Å²) in [5.41, 5.74) is 7.90. The maximum atomic E-state index is 13.5. The van der Waals surface area contributed by atoms with Crippen molar-refractivity contribution in [2.45, 2.75) is 18.9 Å². The number of nitrogens with one attached hydrogen (secondary N) is 2. The van der Waals surface area contributed by atoms with Crippen LogP contribution in [0, 0.1) is 5.41 Å². The van der Waals surface area contributed by atoms with Gasteiger partial charge in [0, 0.05) is 46.6 Å². The number of aromatic nitrogens is 1. The first kappa shape index (κ1) is 33.4. The molecule has 13 nitrogen and oxygen atoms in total. The minimum Gasteiger partial charge on any atom is -0.496 e. The second-order valence-corrected chi connectivity index (χ2v) is 11.2. The molecular formula is C30H33N5O8S. The Hall–Kier alpha value is -5.08. The van der Waals surface area contributed by atoms with E-state index in [4.69, 9.17) is 25.2 Å². The van der Waals surface area contributed by atoms with Crippen molar-refractivity contribution in [3.8, 4) is 16.9 Å². The highest BCUT2D eigenvalue weighted by Gasteiger charge is 2.32. The Morgan fingerprint density at radius 2 is 1.73 bits per heavy atom. The van der Waals surface area contributed by atoms with Crippen LogP contribution in [0.3, 0.4) is 0 Å². The second-order valence-electron chi connectivity index (χ2n) is 9.75. The fraction of sp³-hybridized carbons (Fsp3) is 0.233. The highest BCUT2D eigenvalue weighted by Crippen LogP contribution is 2.35. The molecule has 0 atom stereocenters. The number of methoxy groups -OCH3 is 2. The zero-order chi connectivity index (χ0) is 32.8. The monoisotopic (exact) mass is 623 g/mol. The molecule has 3 aromatic rings. The van der Waals surface area contributed by atoms with Crippen LogP contribution in [0.1, 0.15) is 55.3 Å². The molecule has 0 unspecified atom stereocenters. The predicted molar refractivity (Wildman–Crippen MR) is 166 cm³/mol. The lowest BCUT2D eigenvalue weighted by Crippen LogP contribution is -2.30. The fourth-order valence-electron chi connectivity index (χ4n) is 4.13. The Morgan fingerprint density at radius 3 is 2.23 bits per heavy atom. The SMILES string of the molecule is C=Cc1cc(C(=O)Nc2ccc(C(=N)N)cc2)c(-c2ccc(C(=O)N(C)C3CC3)nc2C(=O)OC)cc1OC.CS(=O)(=O)O. The quantitative estimate of drug-likeness (QED) is 0.118. The maximum absolute atomic E-state index is 13.5. The van der Waals surface area contributed by atoms with E-state index in [0.717, 1.165) is 12.8 Å². The number of hydrogen-bond acceptors (Lipinski definition) is 9. The molecule has 0 radical (unpaired) electrons. The molecular weight excluding hydrogens is 590 g/mol. The number of amides is 2. The number of anilines is 1. The highest BCUT2D eigenvalue weighted by atomic mass is 32.2. The van der Waals surface area contributed by atoms with Crippen molar-refractivity contribution in [1.82, 2.24) is 9.88 Å². The van der Waals surface area contributed by atoms with E-state index in [2.05, 4.69) is 16.9 Å². The number of ether oxygens (including phenoxy) is 2. The third-order valence-electron chi connectivity index (χ3n) is 6.49. The summed E-state index contributed by atoms with van der Waals surface area (Å²) < 4.78 is 36.4. The Morgan fingerprint density at radius 1 is 1.11 bits per heavy atom. The van der Waals surface area contributed by atoms with Gasteiger partial charge in [0.05, 0.1) is 20.5 Å². The van der Waals surface area contributed by atoms with E-state index in [1.165, 1.54) is 20.3 Å². The van der Waals surface area contributed by atoms with E-state index in [9.17, 15) is 22.8 Å². The third kappa shape index (κ3) is 8.49. The summed E-state index contributed by atoms with van der Waals surface area (Å²) in [6.45, 7) is 3.81. The van der Waals surface area contributed by atoms with Gasteiger partial charge in [-0.3, -0.25) is 19.6 Å². The lowest BCUT2D eigenvalue weighted by Gasteiger charge is -2.18. The van der Waals surface area contributed by atoms with Gasteiger partial charge in [-0.05, 0) is 61.4 Å². The Bertz CT molecular complexity index is 1710. The zero-order valence-corrected chi connectivity index (χ0v) is 25.4. The van der Waals surface area contributed by atoms with Gasteiger partial charge < -0.3 is 25.4 Å². The Kier molecular flexibility index (Phi) is 10.6. The standard InChI is InChI=1S/C29H29N5O5.CH4O3S/c1-5-16-14-22(27(35)32-18-8-6-17(7-9-18)26(30)31)21(15-24(16)38-3)20-12-13-23(33-25(20)29(37)39-4)28(36)34(2)19-10-11-19;1-5(2,3)4/h5-9,12-15,19H,1,10-11H2,2-4H3,(H3,30,31)(H,32,35);1H3,(H,2,3,4). The molecule has 1 aliphatic carbocycles. The zero-order valence-electron chi connectivity index (χ0n) is 24.6. The van der Waals surface area contributed by atoms with E-state index in [1.807, 2.05) is 0 Å². The summed E-state index contributed by atoms with van der Waals surface area (Å²) in [7, 11) is 0.743. The molecule has 232 valence electrons. The van der Waals surface area contributed by atoms with E-state index in [-0.39, 0.29) is 34.7 Å². The second kappa shape index (κ2) is 13.9. The maximum Gasteiger partial charge on any atom is 0.357 e. The number of nitrogen functional groups attached to an aromatic ring is 1. The van der Waals surface area contributed by atoms with Crippen LogP contribution in [-0.2, 0) is 14.9 Å². The van der Waals surface area contributed by atoms with Crippen LogP contribution in [0.2, 0.25) is 0 Å². The largest absolute Gasteiger partial charge is 0.496 e. The summed E-state index contributed by atoms with van der Waals surface area (Å²) in [5, 5.41) is 10.4. The van der Waals surface area contributed by atoms with E-state index >= 15 is 0 Å². The van der Waals surface area contributed by atoms with Gasteiger partial charge in [0.1, 0.15) is 17.3 Å². The predicted octanol–water partition coefficient (Wildman–Crippen LogP) is 3.46. The molecule has 4 rings (SSSR count). The number of rotatable bonds is 9. The van der Waals surface area contributed by atoms with E-state index in [0.29, 0.717) is 39.9 Å². The molecule has 14 heteroatoms. The van der Waals surface area contributed by atoms with Gasteiger partial charge in [0.25, 0.3) is 21.9 Å². The van der Waals surface area contributed by atoms with Crippen LogP contribution in [0.4, 0.5) is 5.69 Å². The fourth-order valence-corrected chi connectivity index (χ4v) is 4.13. The summed E-state index contributed by atoms with van der Waals surface area (Å²) in [6, 6.07) is 13.0.